The monoisotopic (exact) mass is 206 g/mol. The molecule has 2 heteroatoms. The van der Waals surface area contributed by atoms with Crippen molar-refractivity contribution in [3.8, 4) is 0 Å². The Balaban J connectivity index is 2.38. The van der Waals surface area contributed by atoms with E-state index < -0.39 is 0 Å². The van der Waals surface area contributed by atoms with Gasteiger partial charge in [-0.3, -0.25) is 9.98 Å². The highest BCUT2D eigenvalue weighted by atomic mass is 14.7. The second-order valence-corrected chi connectivity index (χ2v) is 3.60. The van der Waals surface area contributed by atoms with Gasteiger partial charge in [0, 0.05) is 23.4 Å². The molecule has 1 aliphatic rings. The molecule has 0 atom stereocenters. The number of allylic oxidation sites excluding steroid dienone is 3. The van der Waals surface area contributed by atoms with Crippen LogP contribution in [0.25, 0.3) is 17.0 Å². The second kappa shape index (κ2) is 3.74. The highest BCUT2D eigenvalue weighted by Gasteiger charge is 2.04. The van der Waals surface area contributed by atoms with Gasteiger partial charge < -0.3 is 0 Å². The van der Waals surface area contributed by atoms with E-state index in [4.69, 9.17) is 0 Å². The van der Waals surface area contributed by atoms with E-state index in [9.17, 15) is 0 Å². The average Bonchev–Trinajstić information content (AvgIpc) is 2.29. The van der Waals surface area contributed by atoms with Gasteiger partial charge in [0.25, 0.3) is 0 Å². The molecule has 16 heavy (non-hydrogen) atoms. The summed E-state index contributed by atoms with van der Waals surface area (Å²) in [5.74, 6) is 0. The van der Waals surface area contributed by atoms with Crippen LogP contribution in [0.3, 0.4) is 0 Å². The van der Waals surface area contributed by atoms with E-state index in [1.807, 2.05) is 36.6 Å². The van der Waals surface area contributed by atoms with Crippen LogP contribution in [-0.2, 0) is 0 Å². The predicted molar refractivity (Wildman–Crippen MR) is 68.1 cm³/mol. The predicted octanol–water partition coefficient (Wildman–Crippen LogP) is 3.52. The minimum Gasteiger partial charge on any atom is -0.256 e. The minimum atomic E-state index is 0.983. The van der Waals surface area contributed by atoms with E-state index in [2.05, 4.69) is 28.2 Å². The van der Waals surface area contributed by atoms with E-state index in [0.29, 0.717) is 0 Å². The molecule has 3 rings (SSSR count). The van der Waals surface area contributed by atoms with E-state index >= 15 is 0 Å². The van der Waals surface area contributed by atoms with Crippen molar-refractivity contribution in [3.05, 3.63) is 54.3 Å². The van der Waals surface area contributed by atoms with Crippen molar-refractivity contribution in [2.45, 2.75) is 0 Å². The van der Waals surface area contributed by atoms with Crippen LogP contribution in [0.15, 0.2) is 53.7 Å². The van der Waals surface area contributed by atoms with Crippen molar-refractivity contribution < 1.29 is 0 Å². The summed E-state index contributed by atoms with van der Waals surface area (Å²) in [6.07, 6.45) is 11.6. The van der Waals surface area contributed by atoms with Crippen molar-refractivity contribution in [2.24, 2.45) is 4.99 Å². The Labute approximate surface area is 93.7 Å². The third-order valence-electron chi connectivity index (χ3n) is 2.58. The van der Waals surface area contributed by atoms with Crippen LogP contribution in [0.5, 0.6) is 0 Å². The molecule has 0 unspecified atom stereocenters. The normalized spacial score (nSPS) is 13.5. The summed E-state index contributed by atoms with van der Waals surface area (Å²) in [4.78, 5) is 8.80. The molecular formula is C14H10N2. The van der Waals surface area contributed by atoms with Crippen molar-refractivity contribution >= 4 is 28.9 Å². The van der Waals surface area contributed by atoms with Gasteiger partial charge in [-0.15, -0.1) is 0 Å². The molecule has 0 saturated carbocycles. The Morgan fingerprint density at radius 1 is 0.938 bits per heavy atom. The minimum absolute atomic E-state index is 0.983. The van der Waals surface area contributed by atoms with Gasteiger partial charge in [-0.2, -0.15) is 0 Å². The van der Waals surface area contributed by atoms with Crippen molar-refractivity contribution in [1.29, 1.82) is 0 Å². The van der Waals surface area contributed by atoms with Gasteiger partial charge in [0.15, 0.2) is 0 Å². The summed E-state index contributed by atoms with van der Waals surface area (Å²) in [6, 6.07) is 8.07. The number of rotatable bonds is 0. The van der Waals surface area contributed by atoms with E-state index in [-0.39, 0.29) is 0 Å². The van der Waals surface area contributed by atoms with E-state index in [1.165, 1.54) is 0 Å². The van der Waals surface area contributed by atoms with Gasteiger partial charge >= 0.3 is 0 Å². The number of hydrogen-bond acceptors (Lipinski definition) is 2. The molecule has 0 saturated heterocycles. The summed E-state index contributed by atoms with van der Waals surface area (Å²) in [7, 11) is 0. The van der Waals surface area contributed by atoms with Crippen LogP contribution >= 0.6 is 0 Å². The SMILES string of the molecule is C1=CC=Nc2c(ccc3ncccc23)C=C1. The van der Waals surface area contributed by atoms with Crippen LogP contribution in [0, 0.1) is 0 Å². The third kappa shape index (κ3) is 1.44. The number of pyridine rings is 1. The van der Waals surface area contributed by atoms with Crippen LogP contribution < -0.4 is 0 Å². The van der Waals surface area contributed by atoms with E-state index in [1.54, 1.807) is 6.20 Å². The number of hydrogen-bond donors (Lipinski definition) is 0. The summed E-state index contributed by atoms with van der Waals surface area (Å²) in [6.45, 7) is 0. The van der Waals surface area contributed by atoms with Gasteiger partial charge in [0.1, 0.15) is 0 Å². The first-order chi connectivity index (χ1) is 7.95. The molecule has 0 radical (unpaired) electrons. The fourth-order valence-corrected chi connectivity index (χ4v) is 1.82. The molecule has 1 aromatic heterocycles. The molecule has 2 nitrogen and oxygen atoms in total. The quantitative estimate of drug-likeness (QED) is 0.647. The maximum Gasteiger partial charge on any atom is 0.0795 e. The number of aliphatic imine (C=N–C) groups is 1. The molecule has 0 aliphatic carbocycles. The molecule has 76 valence electrons. The van der Waals surface area contributed by atoms with Crippen molar-refractivity contribution in [2.75, 3.05) is 0 Å². The molecule has 0 fully saturated rings. The summed E-state index contributed by atoms with van der Waals surface area (Å²) >= 11 is 0. The first kappa shape index (κ1) is 9.04. The Hall–Kier alpha value is -2.22. The number of fused-ring (bicyclic) bond motifs is 3. The van der Waals surface area contributed by atoms with Crippen LogP contribution in [0.2, 0.25) is 0 Å². The maximum atomic E-state index is 4.47. The lowest BCUT2D eigenvalue weighted by Gasteiger charge is -2.05. The lowest BCUT2D eigenvalue weighted by molar-refractivity contribution is 1.40. The van der Waals surface area contributed by atoms with Crippen LogP contribution in [-0.4, -0.2) is 11.2 Å². The highest BCUT2D eigenvalue weighted by Crippen LogP contribution is 2.30. The van der Waals surface area contributed by atoms with Crippen LogP contribution in [0.1, 0.15) is 5.56 Å². The van der Waals surface area contributed by atoms with Crippen LogP contribution in [0.4, 0.5) is 5.69 Å². The lowest BCUT2D eigenvalue weighted by atomic mass is 10.1. The first-order valence-electron chi connectivity index (χ1n) is 5.20. The Morgan fingerprint density at radius 2 is 1.94 bits per heavy atom. The van der Waals surface area contributed by atoms with Gasteiger partial charge in [0.05, 0.1) is 11.2 Å². The van der Waals surface area contributed by atoms with Crippen molar-refractivity contribution in [1.82, 2.24) is 4.98 Å². The van der Waals surface area contributed by atoms with Gasteiger partial charge in [-0.1, -0.05) is 24.3 Å². The Bertz CT molecular complexity index is 622. The fourth-order valence-electron chi connectivity index (χ4n) is 1.82. The topological polar surface area (TPSA) is 25.2 Å². The Morgan fingerprint density at radius 3 is 2.94 bits per heavy atom. The summed E-state index contributed by atoms with van der Waals surface area (Å²) in [5.41, 5.74) is 3.10. The molecule has 2 heterocycles. The standard InChI is InChI=1S/C14H10N2/c1-2-5-11-7-8-13-12(6-4-10-15-13)14(11)16-9-3-1/h1-10H. The van der Waals surface area contributed by atoms with E-state index in [0.717, 1.165) is 22.2 Å². The lowest BCUT2D eigenvalue weighted by Crippen LogP contribution is -1.83. The number of nitrogens with zero attached hydrogens (tertiary/aromatic N) is 2. The molecule has 1 aliphatic heterocycles. The van der Waals surface area contributed by atoms with Gasteiger partial charge in [-0.05, 0) is 24.3 Å². The van der Waals surface area contributed by atoms with Gasteiger partial charge in [0.2, 0.25) is 0 Å². The molecule has 1 aromatic carbocycles. The Kier molecular flexibility index (Phi) is 2.11. The zero-order valence-electron chi connectivity index (χ0n) is 8.67. The zero-order valence-corrected chi connectivity index (χ0v) is 8.67. The molecular weight excluding hydrogens is 196 g/mol. The molecule has 0 bridgehead atoms. The maximum absolute atomic E-state index is 4.47. The van der Waals surface area contributed by atoms with Gasteiger partial charge in [-0.25, -0.2) is 0 Å². The number of aromatic nitrogens is 1. The molecule has 2 aromatic rings. The fraction of sp³-hybridized carbons (Fsp3) is 0. The zero-order chi connectivity index (χ0) is 10.8. The smallest absolute Gasteiger partial charge is 0.0795 e. The molecule has 0 spiro atoms. The highest BCUT2D eigenvalue weighted by molar-refractivity contribution is 5.96. The third-order valence-corrected chi connectivity index (χ3v) is 2.58. The second-order valence-electron chi connectivity index (χ2n) is 3.60. The average molecular weight is 206 g/mol. The summed E-state index contributed by atoms with van der Waals surface area (Å²) in [5, 5.41) is 1.09. The number of benzene rings is 1. The summed E-state index contributed by atoms with van der Waals surface area (Å²) < 4.78 is 0. The largest absolute Gasteiger partial charge is 0.256 e. The molecule has 0 N–H and O–H groups in total. The molecule has 0 amide bonds. The first-order valence-corrected chi connectivity index (χ1v) is 5.20. The van der Waals surface area contributed by atoms with Crippen molar-refractivity contribution in [3.63, 3.8) is 0 Å².